The summed E-state index contributed by atoms with van der Waals surface area (Å²) in [4.78, 5) is 0. The highest BCUT2D eigenvalue weighted by Crippen LogP contribution is 2.15. The van der Waals surface area contributed by atoms with Gasteiger partial charge in [0.15, 0.2) is 0 Å². The van der Waals surface area contributed by atoms with Gasteiger partial charge in [-0.25, -0.2) is 0 Å². The van der Waals surface area contributed by atoms with Crippen LogP contribution >= 0.6 is 0 Å². The molecule has 106 valence electrons. The molecule has 1 N–H and O–H groups in total. The third-order valence-corrected chi connectivity index (χ3v) is 3.48. The molecule has 0 heterocycles. The lowest BCUT2D eigenvalue weighted by Gasteiger charge is -2.16. The maximum Gasteiger partial charge on any atom is 0.0719 e. The lowest BCUT2D eigenvalue weighted by Crippen LogP contribution is -2.19. The first-order valence-corrected chi connectivity index (χ1v) is 7.24. The molecular weight excluding hydrogens is 246 g/mol. The molecule has 0 amide bonds. The smallest absolute Gasteiger partial charge is 0.0719 e. The molecule has 0 aliphatic heterocycles. The SMILES string of the molecule is CCOCc1ccccc1CNC(C)c1ccccc1. The summed E-state index contributed by atoms with van der Waals surface area (Å²) < 4.78 is 5.52. The minimum atomic E-state index is 0.344. The van der Waals surface area contributed by atoms with Gasteiger partial charge in [-0.2, -0.15) is 0 Å². The summed E-state index contributed by atoms with van der Waals surface area (Å²) in [6, 6.07) is 19.3. The maximum atomic E-state index is 5.52. The molecule has 1 unspecified atom stereocenters. The summed E-state index contributed by atoms with van der Waals surface area (Å²) in [5.74, 6) is 0. The Morgan fingerprint density at radius 1 is 0.950 bits per heavy atom. The van der Waals surface area contributed by atoms with Crippen molar-refractivity contribution in [3.63, 3.8) is 0 Å². The molecule has 0 saturated carbocycles. The predicted octanol–water partition coefficient (Wildman–Crippen LogP) is 4.07. The summed E-state index contributed by atoms with van der Waals surface area (Å²) in [6.45, 7) is 6.52. The normalized spacial score (nSPS) is 12.3. The third-order valence-electron chi connectivity index (χ3n) is 3.48. The van der Waals surface area contributed by atoms with E-state index in [0.29, 0.717) is 12.6 Å². The Hall–Kier alpha value is -1.64. The van der Waals surface area contributed by atoms with Gasteiger partial charge in [-0.1, -0.05) is 54.6 Å². The number of hydrogen-bond acceptors (Lipinski definition) is 2. The number of nitrogens with one attached hydrogen (secondary N) is 1. The van der Waals surface area contributed by atoms with E-state index in [2.05, 4.69) is 60.8 Å². The van der Waals surface area contributed by atoms with E-state index in [1.807, 2.05) is 13.0 Å². The van der Waals surface area contributed by atoms with E-state index >= 15 is 0 Å². The van der Waals surface area contributed by atoms with E-state index in [1.165, 1.54) is 16.7 Å². The highest BCUT2D eigenvalue weighted by atomic mass is 16.5. The molecule has 0 aromatic heterocycles. The molecule has 0 bridgehead atoms. The van der Waals surface area contributed by atoms with Gasteiger partial charge in [-0.05, 0) is 30.5 Å². The predicted molar refractivity (Wildman–Crippen MR) is 83.5 cm³/mol. The molecule has 2 aromatic carbocycles. The van der Waals surface area contributed by atoms with E-state index in [0.717, 1.165) is 13.2 Å². The quantitative estimate of drug-likeness (QED) is 0.818. The summed E-state index contributed by atoms with van der Waals surface area (Å²) in [5, 5.41) is 3.58. The Morgan fingerprint density at radius 2 is 1.60 bits per heavy atom. The molecule has 0 aliphatic carbocycles. The zero-order valence-corrected chi connectivity index (χ0v) is 12.3. The van der Waals surface area contributed by atoms with Crippen LogP contribution in [0.4, 0.5) is 0 Å². The van der Waals surface area contributed by atoms with Crippen LogP contribution in [-0.2, 0) is 17.9 Å². The van der Waals surface area contributed by atoms with Crippen LogP contribution in [0.3, 0.4) is 0 Å². The van der Waals surface area contributed by atoms with Gasteiger partial charge in [0.2, 0.25) is 0 Å². The lowest BCUT2D eigenvalue weighted by molar-refractivity contribution is 0.133. The molecule has 0 radical (unpaired) electrons. The van der Waals surface area contributed by atoms with Gasteiger partial charge >= 0.3 is 0 Å². The highest BCUT2D eigenvalue weighted by Gasteiger charge is 2.06. The van der Waals surface area contributed by atoms with Gasteiger partial charge in [0.05, 0.1) is 6.61 Å². The third kappa shape index (κ3) is 4.19. The van der Waals surface area contributed by atoms with Crippen molar-refractivity contribution in [1.82, 2.24) is 5.32 Å². The topological polar surface area (TPSA) is 21.3 Å². The van der Waals surface area contributed by atoms with Crippen molar-refractivity contribution in [3.05, 3.63) is 71.3 Å². The zero-order valence-electron chi connectivity index (χ0n) is 12.3. The summed E-state index contributed by atoms with van der Waals surface area (Å²) in [7, 11) is 0. The number of ether oxygens (including phenoxy) is 1. The van der Waals surface area contributed by atoms with Crippen molar-refractivity contribution in [1.29, 1.82) is 0 Å². The lowest BCUT2D eigenvalue weighted by atomic mass is 10.1. The van der Waals surface area contributed by atoms with Crippen molar-refractivity contribution in [3.8, 4) is 0 Å². The molecule has 1 atom stereocenters. The van der Waals surface area contributed by atoms with Crippen LogP contribution in [0, 0.1) is 0 Å². The molecule has 2 heteroatoms. The number of hydrogen-bond donors (Lipinski definition) is 1. The largest absolute Gasteiger partial charge is 0.377 e. The summed E-state index contributed by atoms with van der Waals surface area (Å²) in [6.07, 6.45) is 0. The van der Waals surface area contributed by atoms with Gasteiger partial charge in [-0.15, -0.1) is 0 Å². The van der Waals surface area contributed by atoms with Crippen LogP contribution in [-0.4, -0.2) is 6.61 Å². The van der Waals surface area contributed by atoms with E-state index < -0.39 is 0 Å². The molecule has 0 saturated heterocycles. The fourth-order valence-electron chi connectivity index (χ4n) is 2.21. The Labute approximate surface area is 121 Å². The molecular formula is C18H23NO. The van der Waals surface area contributed by atoms with Gasteiger partial charge < -0.3 is 10.1 Å². The minimum Gasteiger partial charge on any atom is -0.377 e. The van der Waals surface area contributed by atoms with Crippen LogP contribution in [0.25, 0.3) is 0 Å². The Balaban J connectivity index is 1.96. The number of rotatable bonds is 7. The van der Waals surface area contributed by atoms with E-state index in [4.69, 9.17) is 4.74 Å². The van der Waals surface area contributed by atoms with Gasteiger partial charge in [0.25, 0.3) is 0 Å². The first kappa shape index (κ1) is 14.8. The van der Waals surface area contributed by atoms with Crippen molar-refractivity contribution < 1.29 is 4.74 Å². The van der Waals surface area contributed by atoms with Crippen LogP contribution in [0.15, 0.2) is 54.6 Å². The van der Waals surface area contributed by atoms with Gasteiger partial charge in [-0.3, -0.25) is 0 Å². The average molecular weight is 269 g/mol. The summed E-state index contributed by atoms with van der Waals surface area (Å²) >= 11 is 0. The van der Waals surface area contributed by atoms with Gasteiger partial charge in [0, 0.05) is 19.2 Å². The molecule has 2 rings (SSSR count). The Bertz CT molecular complexity index is 510. The Kier molecular flexibility index (Phi) is 5.78. The molecule has 0 fully saturated rings. The molecule has 20 heavy (non-hydrogen) atoms. The van der Waals surface area contributed by atoms with Crippen molar-refractivity contribution in [2.75, 3.05) is 6.61 Å². The average Bonchev–Trinajstić information content (AvgIpc) is 2.52. The maximum absolute atomic E-state index is 5.52. The Morgan fingerprint density at radius 3 is 2.30 bits per heavy atom. The van der Waals surface area contributed by atoms with Crippen LogP contribution in [0.5, 0.6) is 0 Å². The van der Waals surface area contributed by atoms with Crippen LogP contribution < -0.4 is 5.32 Å². The minimum absolute atomic E-state index is 0.344. The van der Waals surface area contributed by atoms with E-state index in [9.17, 15) is 0 Å². The van der Waals surface area contributed by atoms with Crippen molar-refractivity contribution in [2.24, 2.45) is 0 Å². The second-order valence-electron chi connectivity index (χ2n) is 4.92. The molecule has 0 aliphatic rings. The van der Waals surface area contributed by atoms with E-state index in [1.54, 1.807) is 0 Å². The van der Waals surface area contributed by atoms with Crippen molar-refractivity contribution >= 4 is 0 Å². The molecule has 2 aromatic rings. The second-order valence-corrected chi connectivity index (χ2v) is 4.92. The van der Waals surface area contributed by atoms with Crippen LogP contribution in [0.1, 0.15) is 36.6 Å². The zero-order chi connectivity index (χ0) is 14.2. The fourth-order valence-corrected chi connectivity index (χ4v) is 2.21. The van der Waals surface area contributed by atoms with Crippen LogP contribution in [0.2, 0.25) is 0 Å². The second kappa shape index (κ2) is 7.83. The molecule has 0 spiro atoms. The summed E-state index contributed by atoms with van der Waals surface area (Å²) in [5.41, 5.74) is 3.89. The number of benzene rings is 2. The highest BCUT2D eigenvalue weighted by molar-refractivity contribution is 5.27. The standard InChI is InChI=1S/C18H23NO/c1-3-20-14-18-12-8-7-11-17(18)13-19-15(2)16-9-5-4-6-10-16/h4-12,15,19H,3,13-14H2,1-2H3. The molecule has 2 nitrogen and oxygen atoms in total. The fraction of sp³-hybridized carbons (Fsp3) is 0.333. The first-order valence-electron chi connectivity index (χ1n) is 7.24. The van der Waals surface area contributed by atoms with Crippen molar-refractivity contribution in [2.45, 2.75) is 33.0 Å². The first-order chi connectivity index (χ1) is 9.81. The monoisotopic (exact) mass is 269 g/mol. The van der Waals surface area contributed by atoms with E-state index in [-0.39, 0.29) is 0 Å². The van der Waals surface area contributed by atoms with Gasteiger partial charge in [0.1, 0.15) is 0 Å².